The summed E-state index contributed by atoms with van der Waals surface area (Å²) >= 11 is 1.79. The first-order valence-electron chi connectivity index (χ1n) is 17.1. The van der Waals surface area contributed by atoms with Crippen LogP contribution in [-0.2, 0) is 0 Å². The van der Waals surface area contributed by atoms with Crippen molar-refractivity contribution in [1.82, 2.24) is 4.98 Å². The van der Waals surface area contributed by atoms with E-state index in [1.54, 1.807) is 11.3 Å². The maximum Gasteiger partial charge on any atom is 0.227 e. The third kappa shape index (κ3) is 5.25. The summed E-state index contributed by atoms with van der Waals surface area (Å²) in [5.74, 6) is 0.643. The average Bonchev–Trinajstić information content (AvgIpc) is 3.78. The number of anilines is 3. The van der Waals surface area contributed by atoms with Crippen molar-refractivity contribution in [3.05, 3.63) is 182 Å². The average molecular weight is 671 g/mol. The second kappa shape index (κ2) is 12.1. The highest BCUT2D eigenvalue weighted by Gasteiger charge is 2.19. The molecule has 0 saturated carbocycles. The molecule has 0 bridgehead atoms. The van der Waals surface area contributed by atoms with Gasteiger partial charge in [0.15, 0.2) is 5.58 Å². The van der Waals surface area contributed by atoms with Crippen molar-refractivity contribution in [3.63, 3.8) is 0 Å². The molecule has 3 nitrogen and oxygen atoms in total. The number of para-hydroxylation sites is 1. The van der Waals surface area contributed by atoms with E-state index in [9.17, 15) is 0 Å². The lowest BCUT2D eigenvalue weighted by molar-refractivity contribution is 0.620. The third-order valence-electron chi connectivity index (χ3n) is 9.68. The van der Waals surface area contributed by atoms with Gasteiger partial charge < -0.3 is 9.32 Å². The number of fused-ring (bicyclic) bond motifs is 5. The topological polar surface area (TPSA) is 29.3 Å². The highest BCUT2D eigenvalue weighted by Crippen LogP contribution is 2.45. The van der Waals surface area contributed by atoms with E-state index in [1.807, 2.05) is 30.3 Å². The van der Waals surface area contributed by atoms with Crippen LogP contribution in [-0.4, -0.2) is 4.98 Å². The molecule has 0 saturated heterocycles. The molecule has 10 aromatic rings. The lowest BCUT2D eigenvalue weighted by atomic mass is 9.99. The van der Waals surface area contributed by atoms with Gasteiger partial charge in [-0.05, 0) is 94.2 Å². The first-order chi connectivity index (χ1) is 25.2. The van der Waals surface area contributed by atoms with Gasteiger partial charge in [0, 0.05) is 42.7 Å². The fourth-order valence-electron chi connectivity index (χ4n) is 7.16. The minimum atomic E-state index is 0.643. The van der Waals surface area contributed by atoms with Gasteiger partial charge in [-0.2, -0.15) is 0 Å². The molecule has 2 heterocycles. The number of hydrogen-bond donors (Lipinski definition) is 0. The molecule has 0 fully saturated rings. The van der Waals surface area contributed by atoms with Gasteiger partial charge >= 0.3 is 0 Å². The summed E-state index contributed by atoms with van der Waals surface area (Å²) in [5.41, 5.74) is 10.7. The molecule has 0 amide bonds. The molecular formula is C47H30N2OS. The van der Waals surface area contributed by atoms with E-state index < -0.39 is 0 Å². The summed E-state index contributed by atoms with van der Waals surface area (Å²) < 4.78 is 8.74. The zero-order valence-corrected chi connectivity index (χ0v) is 28.3. The van der Waals surface area contributed by atoms with Crippen LogP contribution < -0.4 is 4.90 Å². The smallest absolute Gasteiger partial charge is 0.227 e. The summed E-state index contributed by atoms with van der Waals surface area (Å²) in [4.78, 5) is 7.23. The SMILES string of the molecule is c1ccc(-c2nc3cc4sc5ccc(N(c6ccc(-c7ccc8ccccc8c7)cc6)c6ccccc6-c6ccccc6)cc5c4cc3o2)cc1. The van der Waals surface area contributed by atoms with Gasteiger partial charge in [-0.25, -0.2) is 4.98 Å². The quantitative estimate of drug-likeness (QED) is 0.176. The van der Waals surface area contributed by atoms with Gasteiger partial charge in [0.25, 0.3) is 0 Å². The van der Waals surface area contributed by atoms with Crippen LogP contribution in [0.3, 0.4) is 0 Å². The van der Waals surface area contributed by atoms with Crippen molar-refractivity contribution >= 4 is 70.4 Å². The molecule has 51 heavy (non-hydrogen) atoms. The Kier molecular flexibility index (Phi) is 7.00. The summed E-state index contributed by atoms with van der Waals surface area (Å²) in [7, 11) is 0. The molecule has 0 atom stereocenters. The minimum Gasteiger partial charge on any atom is -0.436 e. The zero-order valence-electron chi connectivity index (χ0n) is 27.5. The fraction of sp³-hybridized carbons (Fsp3) is 0. The molecule has 0 unspecified atom stereocenters. The van der Waals surface area contributed by atoms with Crippen molar-refractivity contribution in [2.24, 2.45) is 0 Å². The van der Waals surface area contributed by atoms with E-state index >= 15 is 0 Å². The van der Waals surface area contributed by atoms with Gasteiger partial charge in [0.1, 0.15) is 5.52 Å². The van der Waals surface area contributed by atoms with Crippen LogP contribution >= 0.6 is 11.3 Å². The number of thiophene rings is 1. The minimum absolute atomic E-state index is 0.643. The normalized spacial score (nSPS) is 11.5. The second-order valence-electron chi connectivity index (χ2n) is 12.8. The largest absolute Gasteiger partial charge is 0.436 e. The Bertz CT molecular complexity index is 2850. The van der Waals surface area contributed by atoms with E-state index in [2.05, 4.69) is 157 Å². The Labute approximate surface area is 299 Å². The van der Waals surface area contributed by atoms with Crippen LogP contribution in [0.2, 0.25) is 0 Å². The molecule has 0 aliphatic rings. The van der Waals surface area contributed by atoms with E-state index in [-0.39, 0.29) is 0 Å². The third-order valence-corrected chi connectivity index (χ3v) is 10.8. The molecule has 2 aromatic heterocycles. The predicted molar refractivity (Wildman–Crippen MR) is 215 cm³/mol. The summed E-state index contributed by atoms with van der Waals surface area (Å²) in [6.07, 6.45) is 0. The number of benzene rings is 8. The zero-order chi connectivity index (χ0) is 33.7. The molecule has 10 rings (SSSR count). The van der Waals surface area contributed by atoms with Crippen molar-refractivity contribution in [2.75, 3.05) is 4.90 Å². The van der Waals surface area contributed by atoms with Crippen LogP contribution in [0.15, 0.2) is 186 Å². The lowest BCUT2D eigenvalue weighted by Crippen LogP contribution is -2.11. The van der Waals surface area contributed by atoms with Crippen molar-refractivity contribution in [1.29, 1.82) is 0 Å². The Hall–Kier alpha value is -6.49. The fourth-order valence-corrected chi connectivity index (χ4v) is 8.26. The molecule has 0 radical (unpaired) electrons. The van der Waals surface area contributed by atoms with Gasteiger partial charge in [0.2, 0.25) is 5.89 Å². The van der Waals surface area contributed by atoms with Crippen molar-refractivity contribution in [2.45, 2.75) is 0 Å². The highest BCUT2D eigenvalue weighted by molar-refractivity contribution is 7.25. The lowest BCUT2D eigenvalue weighted by Gasteiger charge is -2.28. The van der Waals surface area contributed by atoms with Gasteiger partial charge in [-0.15, -0.1) is 11.3 Å². The molecule has 4 heteroatoms. The number of rotatable bonds is 6. The summed E-state index contributed by atoms with van der Waals surface area (Å²) in [6, 6.07) is 64.7. The maximum absolute atomic E-state index is 6.32. The van der Waals surface area contributed by atoms with E-state index in [1.165, 1.54) is 53.2 Å². The van der Waals surface area contributed by atoms with Gasteiger partial charge in [-0.1, -0.05) is 115 Å². The predicted octanol–water partition coefficient (Wildman–Crippen LogP) is 13.8. The molecule has 0 N–H and O–H groups in total. The van der Waals surface area contributed by atoms with Crippen LogP contribution in [0, 0.1) is 0 Å². The maximum atomic E-state index is 6.32. The first-order valence-corrected chi connectivity index (χ1v) is 17.9. The standard InChI is InChI=1S/C47H30N2OS/c1-3-12-33(13-4-1)39-17-9-10-18-43(39)49(37-23-21-32(22-24-37)36-20-19-31-11-7-8-16-35(31)27-36)38-25-26-45-40(28-38)41-29-44-42(30-46(41)51-45)48-47(50-44)34-14-5-2-6-15-34/h1-30H. The molecular weight excluding hydrogens is 641 g/mol. The van der Waals surface area contributed by atoms with Crippen molar-refractivity contribution in [3.8, 4) is 33.7 Å². The van der Waals surface area contributed by atoms with Crippen LogP contribution in [0.4, 0.5) is 17.1 Å². The first kappa shape index (κ1) is 29.4. The molecule has 0 aliphatic heterocycles. The summed E-state index contributed by atoms with van der Waals surface area (Å²) in [6.45, 7) is 0. The van der Waals surface area contributed by atoms with E-state index in [4.69, 9.17) is 9.40 Å². The van der Waals surface area contributed by atoms with E-state index in [0.717, 1.165) is 33.7 Å². The Morgan fingerprint density at radius 3 is 1.94 bits per heavy atom. The Morgan fingerprint density at radius 2 is 1.12 bits per heavy atom. The van der Waals surface area contributed by atoms with Gasteiger partial charge in [0.05, 0.1) is 5.69 Å². The van der Waals surface area contributed by atoms with E-state index in [0.29, 0.717) is 5.89 Å². The number of nitrogens with zero attached hydrogens (tertiary/aromatic N) is 2. The van der Waals surface area contributed by atoms with Gasteiger partial charge in [-0.3, -0.25) is 0 Å². The van der Waals surface area contributed by atoms with Crippen LogP contribution in [0.1, 0.15) is 0 Å². The molecule has 240 valence electrons. The second-order valence-corrected chi connectivity index (χ2v) is 13.9. The van der Waals surface area contributed by atoms with Crippen molar-refractivity contribution < 1.29 is 4.42 Å². The number of aromatic nitrogens is 1. The Balaban J connectivity index is 1.12. The van der Waals surface area contributed by atoms with Crippen LogP contribution in [0.5, 0.6) is 0 Å². The molecule has 0 spiro atoms. The number of oxazole rings is 1. The molecule has 8 aromatic carbocycles. The highest BCUT2D eigenvalue weighted by atomic mass is 32.1. The summed E-state index contributed by atoms with van der Waals surface area (Å²) in [5, 5.41) is 4.86. The van der Waals surface area contributed by atoms with Crippen LogP contribution in [0.25, 0.3) is 75.8 Å². The number of hydrogen-bond acceptors (Lipinski definition) is 4. The Morgan fingerprint density at radius 1 is 0.451 bits per heavy atom. The monoisotopic (exact) mass is 670 g/mol. The molecule has 0 aliphatic carbocycles.